The fourth-order valence-corrected chi connectivity index (χ4v) is 4.68. The molecule has 0 radical (unpaired) electrons. The molecular weight excluding hydrogens is 362 g/mol. The normalized spacial score (nSPS) is 16.0. The van der Waals surface area contributed by atoms with Crippen molar-refractivity contribution in [2.24, 2.45) is 5.92 Å². The predicted molar refractivity (Wildman–Crippen MR) is 108 cm³/mol. The monoisotopic (exact) mass is 385 g/mol. The molecule has 142 valence electrons. The van der Waals surface area contributed by atoms with Crippen molar-refractivity contribution in [1.82, 2.24) is 0 Å². The Morgan fingerprint density at radius 2 is 2.04 bits per heavy atom. The summed E-state index contributed by atoms with van der Waals surface area (Å²) in [5, 5.41) is 3.42. The van der Waals surface area contributed by atoms with Crippen LogP contribution in [-0.4, -0.2) is 26.1 Å². The number of rotatable bonds is 5. The van der Waals surface area contributed by atoms with Crippen molar-refractivity contribution in [3.05, 3.63) is 51.9 Å². The first-order valence-electron chi connectivity index (χ1n) is 8.88. The number of amides is 1. The molecule has 5 nitrogen and oxygen atoms in total. The predicted octanol–water partition coefficient (Wildman–Crippen LogP) is 4.32. The maximum atomic E-state index is 12.4. The maximum absolute atomic E-state index is 12.4. The van der Waals surface area contributed by atoms with Crippen molar-refractivity contribution in [3.63, 3.8) is 0 Å². The van der Waals surface area contributed by atoms with E-state index in [1.807, 2.05) is 24.3 Å². The molecule has 0 aliphatic heterocycles. The lowest BCUT2D eigenvalue weighted by atomic mass is 9.88. The van der Waals surface area contributed by atoms with E-state index in [-0.39, 0.29) is 5.91 Å². The van der Waals surface area contributed by atoms with Crippen LogP contribution < -0.4 is 10.1 Å². The maximum Gasteiger partial charge on any atom is 0.341 e. The van der Waals surface area contributed by atoms with Gasteiger partial charge < -0.3 is 14.8 Å². The molecule has 1 aliphatic carbocycles. The third kappa shape index (κ3) is 4.22. The minimum atomic E-state index is -0.397. The van der Waals surface area contributed by atoms with E-state index in [0.717, 1.165) is 35.3 Å². The smallest absolute Gasteiger partial charge is 0.341 e. The van der Waals surface area contributed by atoms with Gasteiger partial charge in [-0.05, 0) is 42.9 Å². The number of nitrogens with one attached hydrogen (secondary N) is 1. The summed E-state index contributed by atoms with van der Waals surface area (Å²) in [6.07, 6.45) is 5.94. The Hall–Kier alpha value is -2.60. The van der Waals surface area contributed by atoms with Gasteiger partial charge in [0.15, 0.2) is 0 Å². The van der Waals surface area contributed by atoms with E-state index >= 15 is 0 Å². The molecule has 0 fully saturated rings. The van der Waals surface area contributed by atoms with Gasteiger partial charge in [0.05, 0.1) is 19.8 Å². The number of thiophene rings is 1. The number of ether oxygens (including phenoxy) is 2. The first-order chi connectivity index (χ1) is 13.0. The van der Waals surface area contributed by atoms with Crippen LogP contribution in [0.4, 0.5) is 5.00 Å². The lowest BCUT2D eigenvalue weighted by Gasteiger charge is -2.18. The van der Waals surface area contributed by atoms with Gasteiger partial charge in [0.2, 0.25) is 5.91 Å². The number of hydrogen-bond acceptors (Lipinski definition) is 5. The minimum absolute atomic E-state index is 0.294. The third-order valence-corrected chi connectivity index (χ3v) is 5.86. The van der Waals surface area contributed by atoms with E-state index in [1.165, 1.54) is 24.5 Å². The number of anilines is 1. The van der Waals surface area contributed by atoms with Crippen molar-refractivity contribution in [1.29, 1.82) is 0 Å². The Bertz CT molecular complexity index is 884. The second kappa shape index (κ2) is 8.39. The second-order valence-corrected chi connectivity index (χ2v) is 7.72. The Morgan fingerprint density at radius 3 is 2.78 bits per heavy atom. The van der Waals surface area contributed by atoms with Crippen LogP contribution in [0.5, 0.6) is 5.75 Å². The van der Waals surface area contributed by atoms with Crippen LogP contribution in [0.15, 0.2) is 30.3 Å². The highest BCUT2D eigenvalue weighted by atomic mass is 32.1. The minimum Gasteiger partial charge on any atom is -0.496 e. The first-order valence-corrected chi connectivity index (χ1v) is 9.70. The van der Waals surface area contributed by atoms with Crippen LogP contribution >= 0.6 is 11.3 Å². The molecule has 6 heteroatoms. The van der Waals surface area contributed by atoms with Crippen LogP contribution in [0.3, 0.4) is 0 Å². The number of para-hydroxylation sites is 1. The molecule has 1 aliphatic rings. The molecule has 0 bridgehead atoms. The number of carbonyl (C=O) groups excluding carboxylic acids is 2. The largest absolute Gasteiger partial charge is 0.496 e. The molecule has 1 amide bonds. The fraction of sp³-hybridized carbons (Fsp3) is 0.333. The number of benzene rings is 1. The average molecular weight is 385 g/mol. The molecule has 0 spiro atoms. The number of methoxy groups -OCH3 is 2. The highest BCUT2D eigenvalue weighted by Crippen LogP contribution is 2.40. The van der Waals surface area contributed by atoms with Crippen LogP contribution in [-0.2, 0) is 22.4 Å². The molecule has 1 aromatic carbocycles. The molecule has 2 aromatic rings. The van der Waals surface area contributed by atoms with Gasteiger partial charge in [0.25, 0.3) is 0 Å². The van der Waals surface area contributed by atoms with Crippen LogP contribution in [0, 0.1) is 5.92 Å². The Morgan fingerprint density at radius 1 is 1.26 bits per heavy atom. The van der Waals surface area contributed by atoms with Crippen LogP contribution in [0.1, 0.15) is 39.7 Å². The lowest BCUT2D eigenvalue weighted by molar-refractivity contribution is -0.111. The molecule has 3 rings (SSSR count). The van der Waals surface area contributed by atoms with Gasteiger partial charge in [0.1, 0.15) is 10.8 Å². The van der Waals surface area contributed by atoms with Gasteiger partial charge in [-0.3, -0.25) is 4.79 Å². The Labute approximate surface area is 163 Å². The summed E-state index contributed by atoms with van der Waals surface area (Å²) in [7, 11) is 2.96. The molecule has 0 saturated heterocycles. The molecule has 1 atom stereocenters. The van der Waals surface area contributed by atoms with E-state index in [4.69, 9.17) is 9.47 Å². The average Bonchev–Trinajstić information content (AvgIpc) is 3.02. The summed E-state index contributed by atoms with van der Waals surface area (Å²) in [5.74, 6) is 0.580. The number of hydrogen-bond donors (Lipinski definition) is 1. The molecule has 27 heavy (non-hydrogen) atoms. The van der Waals surface area contributed by atoms with Crippen LogP contribution in [0.25, 0.3) is 6.08 Å². The fourth-order valence-electron chi connectivity index (χ4n) is 3.28. The van der Waals surface area contributed by atoms with Crippen molar-refractivity contribution in [3.8, 4) is 5.75 Å². The summed E-state index contributed by atoms with van der Waals surface area (Å²) >= 11 is 1.48. The van der Waals surface area contributed by atoms with Crippen molar-refractivity contribution in [2.45, 2.75) is 26.2 Å². The van der Waals surface area contributed by atoms with E-state index in [9.17, 15) is 9.59 Å². The van der Waals surface area contributed by atoms with E-state index < -0.39 is 5.97 Å². The second-order valence-electron chi connectivity index (χ2n) is 6.61. The van der Waals surface area contributed by atoms with Crippen molar-refractivity contribution in [2.75, 3.05) is 19.5 Å². The molecule has 0 saturated carbocycles. The summed E-state index contributed by atoms with van der Waals surface area (Å²) in [4.78, 5) is 25.9. The van der Waals surface area contributed by atoms with E-state index in [2.05, 4.69) is 12.2 Å². The quantitative estimate of drug-likeness (QED) is 0.615. The van der Waals surface area contributed by atoms with Gasteiger partial charge >= 0.3 is 5.97 Å². The SMILES string of the molecule is COC(=O)c1c(NC(=O)/C=C/c2ccccc2OC)sc2c1CCC(C)C2. The van der Waals surface area contributed by atoms with Gasteiger partial charge in [-0.1, -0.05) is 25.1 Å². The molecule has 1 heterocycles. The van der Waals surface area contributed by atoms with Gasteiger partial charge in [0, 0.05) is 16.5 Å². The third-order valence-electron chi connectivity index (χ3n) is 4.69. The standard InChI is InChI=1S/C21H23NO4S/c1-13-8-10-15-17(12-13)27-20(19(15)21(24)26-3)22-18(23)11-9-14-6-4-5-7-16(14)25-2/h4-7,9,11,13H,8,10,12H2,1-3H3,(H,22,23)/b11-9+. The van der Waals surface area contributed by atoms with Gasteiger partial charge in [-0.25, -0.2) is 4.79 Å². The molecule has 1 aromatic heterocycles. The Kier molecular flexibility index (Phi) is 5.96. The molecule has 1 unspecified atom stereocenters. The number of carbonyl (C=O) groups is 2. The number of fused-ring (bicyclic) bond motifs is 1. The van der Waals surface area contributed by atoms with Crippen molar-refractivity contribution >= 4 is 34.3 Å². The highest BCUT2D eigenvalue weighted by molar-refractivity contribution is 7.17. The zero-order chi connectivity index (χ0) is 19.4. The molecule has 1 N–H and O–H groups in total. The summed E-state index contributed by atoms with van der Waals surface area (Å²) in [6.45, 7) is 2.20. The summed E-state index contributed by atoms with van der Waals surface area (Å²) in [5.41, 5.74) is 2.33. The summed E-state index contributed by atoms with van der Waals surface area (Å²) < 4.78 is 10.2. The zero-order valence-corrected chi connectivity index (χ0v) is 16.5. The Balaban J connectivity index is 1.83. The topological polar surface area (TPSA) is 64.6 Å². The highest BCUT2D eigenvalue weighted by Gasteiger charge is 2.28. The lowest BCUT2D eigenvalue weighted by Crippen LogP contribution is -2.14. The number of esters is 1. The van der Waals surface area contributed by atoms with Crippen molar-refractivity contribution < 1.29 is 19.1 Å². The van der Waals surface area contributed by atoms with Gasteiger partial charge in [-0.2, -0.15) is 0 Å². The van der Waals surface area contributed by atoms with Gasteiger partial charge in [-0.15, -0.1) is 11.3 Å². The van der Waals surface area contributed by atoms with E-state index in [0.29, 0.717) is 22.2 Å². The van der Waals surface area contributed by atoms with E-state index in [1.54, 1.807) is 13.2 Å². The molecular formula is C21H23NO4S. The van der Waals surface area contributed by atoms with Crippen LogP contribution in [0.2, 0.25) is 0 Å². The zero-order valence-electron chi connectivity index (χ0n) is 15.7. The summed E-state index contributed by atoms with van der Waals surface area (Å²) in [6, 6.07) is 7.45. The first kappa shape index (κ1) is 19.2.